The average Bonchev–Trinajstić information content (AvgIpc) is 3.01. The first-order valence-electron chi connectivity index (χ1n) is 6.74. The predicted octanol–water partition coefficient (Wildman–Crippen LogP) is 1.86. The van der Waals surface area contributed by atoms with Crippen LogP contribution in [0.5, 0.6) is 0 Å². The number of aliphatic hydroxyl groups is 1. The second kappa shape index (κ2) is 6.90. The van der Waals surface area contributed by atoms with Gasteiger partial charge < -0.3 is 19.8 Å². The molecule has 1 aromatic carbocycles. The van der Waals surface area contributed by atoms with Crippen LogP contribution in [0.15, 0.2) is 40.9 Å². The van der Waals surface area contributed by atoms with Gasteiger partial charge in [-0.25, -0.2) is 4.79 Å². The standard InChI is InChI=1S/C15H19N3O3/c1-11(10-19)18(2)15(20)16-9-13-8-14(21-17-13)12-6-4-3-5-7-12/h3-8,11,19H,9-10H2,1-2H3,(H,16,20). The molecule has 0 spiro atoms. The van der Waals surface area contributed by atoms with Gasteiger partial charge in [0, 0.05) is 18.7 Å². The number of urea groups is 1. The molecule has 0 aliphatic rings. The van der Waals surface area contributed by atoms with Crippen LogP contribution in [-0.4, -0.2) is 40.9 Å². The van der Waals surface area contributed by atoms with Crippen molar-refractivity contribution in [1.82, 2.24) is 15.4 Å². The lowest BCUT2D eigenvalue weighted by Crippen LogP contribution is -2.43. The number of hydrogen-bond acceptors (Lipinski definition) is 4. The number of aromatic nitrogens is 1. The Bertz CT molecular complexity index is 583. The highest BCUT2D eigenvalue weighted by molar-refractivity contribution is 5.74. The zero-order valence-electron chi connectivity index (χ0n) is 12.1. The molecule has 0 saturated heterocycles. The van der Waals surface area contributed by atoms with Gasteiger partial charge in [-0.1, -0.05) is 35.5 Å². The fraction of sp³-hybridized carbons (Fsp3) is 0.333. The number of rotatable bonds is 5. The SMILES string of the molecule is CC(CO)N(C)C(=O)NCc1cc(-c2ccccc2)on1. The number of nitrogens with zero attached hydrogens (tertiary/aromatic N) is 2. The molecule has 1 heterocycles. The van der Waals surface area contributed by atoms with Gasteiger partial charge in [-0.3, -0.25) is 0 Å². The van der Waals surface area contributed by atoms with Gasteiger partial charge in [0.2, 0.25) is 0 Å². The zero-order valence-corrected chi connectivity index (χ0v) is 12.1. The van der Waals surface area contributed by atoms with E-state index >= 15 is 0 Å². The van der Waals surface area contributed by atoms with Crippen molar-refractivity contribution >= 4 is 6.03 Å². The zero-order chi connectivity index (χ0) is 15.2. The summed E-state index contributed by atoms with van der Waals surface area (Å²) in [5.41, 5.74) is 1.58. The molecule has 2 aromatic rings. The highest BCUT2D eigenvalue weighted by atomic mass is 16.5. The number of carbonyl (C=O) groups excluding carboxylic acids is 1. The Labute approximate surface area is 123 Å². The number of benzene rings is 1. The smallest absolute Gasteiger partial charge is 0.317 e. The van der Waals surface area contributed by atoms with Crippen LogP contribution in [0, 0.1) is 0 Å². The lowest BCUT2D eigenvalue weighted by molar-refractivity contribution is 0.157. The summed E-state index contributed by atoms with van der Waals surface area (Å²) < 4.78 is 5.26. The third-order valence-electron chi connectivity index (χ3n) is 3.28. The van der Waals surface area contributed by atoms with E-state index in [-0.39, 0.29) is 25.2 Å². The molecular weight excluding hydrogens is 270 g/mol. The van der Waals surface area contributed by atoms with Crippen molar-refractivity contribution in [1.29, 1.82) is 0 Å². The van der Waals surface area contributed by atoms with Crippen molar-refractivity contribution in [2.45, 2.75) is 19.5 Å². The van der Waals surface area contributed by atoms with Gasteiger partial charge in [0.25, 0.3) is 0 Å². The minimum Gasteiger partial charge on any atom is -0.394 e. The minimum absolute atomic E-state index is 0.0773. The van der Waals surface area contributed by atoms with Crippen LogP contribution in [0.25, 0.3) is 11.3 Å². The molecule has 6 heteroatoms. The van der Waals surface area contributed by atoms with Crippen LogP contribution >= 0.6 is 0 Å². The van der Waals surface area contributed by atoms with Crippen LogP contribution < -0.4 is 5.32 Å². The molecule has 0 radical (unpaired) electrons. The van der Waals surface area contributed by atoms with Gasteiger partial charge in [-0.2, -0.15) is 0 Å². The van der Waals surface area contributed by atoms with E-state index in [0.29, 0.717) is 11.5 Å². The number of hydrogen-bond donors (Lipinski definition) is 2. The first-order valence-corrected chi connectivity index (χ1v) is 6.74. The largest absolute Gasteiger partial charge is 0.394 e. The van der Waals surface area contributed by atoms with E-state index < -0.39 is 0 Å². The lowest BCUT2D eigenvalue weighted by Gasteiger charge is -2.23. The summed E-state index contributed by atoms with van der Waals surface area (Å²) in [5.74, 6) is 0.664. The van der Waals surface area contributed by atoms with Gasteiger partial charge in [-0.05, 0) is 6.92 Å². The molecule has 6 nitrogen and oxygen atoms in total. The molecule has 1 aromatic heterocycles. The van der Waals surface area contributed by atoms with Crippen molar-refractivity contribution in [3.63, 3.8) is 0 Å². The molecule has 1 atom stereocenters. The van der Waals surface area contributed by atoms with Crippen LogP contribution in [0.4, 0.5) is 4.79 Å². The van der Waals surface area contributed by atoms with Crippen molar-refractivity contribution in [2.75, 3.05) is 13.7 Å². The molecule has 2 rings (SSSR count). The molecule has 2 amide bonds. The number of likely N-dealkylation sites (N-methyl/N-ethyl adjacent to an activating group) is 1. The number of aliphatic hydroxyl groups excluding tert-OH is 1. The average molecular weight is 289 g/mol. The van der Waals surface area contributed by atoms with E-state index in [0.717, 1.165) is 5.56 Å². The monoisotopic (exact) mass is 289 g/mol. The first-order chi connectivity index (χ1) is 10.1. The van der Waals surface area contributed by atoms with E-state index in [2.05, 4.69) is 10.5 Å². The molecule has 112 valence electrons. The Morgan fingerprint density at radius 1 is 1.43 bits per heavy atom. The molecule has 0 aliphatic heterocycles. The van der Waals surface area contributed by atoms with Crippen LogP contribution in [0.3, 0.4) is 0 Å². The van der Waals surface area contributed by atoms with E-state index in [1.54, 1.807) is 20.0 Å². The van der Waals surface area contributed by atoms with Gasteiger partial charge in [0.05, 0.1) is 19.2 Å². The second-order valence-corrected chi connectivity index (χ2v) is 4.85. The van der Waals surface area contributed by atoms with Crippen molar-refractivity contribution < 1.29 is 14.4 Å². The maximum atomic E-state index is 11.8. The summed E-state index contributed by atoms with van der Waals surface area (Å²) >= 11 is 0. The Kier molecular flexibility index (Phi) is 4.94. The summed E-state index contributed by atoms with van der Waals surface area (Å²) in [6.07, 6.45) is 0. The summed E-state index contributed by atoms with van der Waals surface area (Å²) in [6.45, 7) is 1.97. The Balaban J connectivity index is 1.93. The molecule has 1 unspecified atom stereocenters. The topological polar surface area (TPSA) is 78.6 Å². The fourth-order valence-electron chi connectivity index (χ4n) is 1.75. The Morgan fingerprint density at radius 3 is 2.81 bits per heavy atom. The molecule has 0 fully saturated rings. The van der Waals surface area contributed by atoms with Gasteiger partial charge in [-0.15, -0.1) is 0 Å². The van der Waals surface area contributed by atoms with E-state index in [9.17, 15) is 4.79 Å². The highest BCUT2D eigenvalue weighted by Crippen LogP contribution is 2.19. The van der Waals surface area contributed by atoms with Gasteiger partial charge in [0.1, 0.15) is 5.69 Å². The lowest BCUT2D eigenvalue weighted by atomic mass is 10.2. The quantitative estimate of drug-likeness (QED) is 0.880. The third kappa shape index (κ3) is 3.82. The summed E-state index contributed by atoms with van der Waals surface area (Å²) in [7, 11) is 1.63. The molecular formula is C15H19N3O3. The summed E-state index contributed by atoms with van der Waals surface area (Å²) in [6, 6.07) is 10.9. The molecule has 0 saturated carbocycles. The van der Waals surface area contributed by atoms with Crippen molar-refractivity contribution in [3.05, 3.63) is 42.1 Å². The third-order valence-corrected chi connectivity index (χ3v) is 3.28. The maximum Gasteiger partial charge on any atom is 0.317 e. The Morgan fingerprint density at radius 2 is 2.14 bits per heavy atom. The summed E-state index contributed by atoms with van der Waals surface area (Å²) in [4.78, 5) is 13.3. The first kappa shape index (κ1) is 15.1. The van der Waals surface area contributed by atoms with Crippen molar-refractivity contribution in [2.24, 2.45) is 0 Å². The Hall–Kier alpha value is -2.34. The van der Waals surface area contributed by atoms with Crippen molar-refractivity contribution in [3.8, 4) is 11.3 Å². The number of nitrogens with one attached hydrogen (secondary N) is 1. The van der Waals surface area contributed by atoms with E-state index in [1.165, 1.54) is 4.90 Å². The predicted molar refractivity (Wildman–Crippen MR) is 78.5 cm³/mol. The molecule has 2 N–H and O–H groups in total. The summed E-state index contributed by atoms with van der Waals surface area (Å²) in [5, 5.41) is 15.7. The van der Waals surface area contributed by atoms with E-state index in [4.69, 9.17) is 9.63 Å². The maximum absolute atomic E-state index is 11.8. The van der Waals surface area contributed by atoms with E-state index in [1.807, 2.05) is 30.3 Å². The van der Waals surface area contributed by atoms with Crippen LogP contribution in [0.2, 0.25) is 0 Å². The van der Waals surface area contributed by atoms with Crippen LogP contribution in [-0.2, 0) is 6.54 Å². The minimum atomic E-state index is -0.263. The highest BCUT2D eigenvalue weighted by Gasteiger charge is 2.15. The molecule has 0 bridgehead atoms. The molecule has 21 heavy (non-hydrogen) atoms. The normalized spacial score (nSPS) is 12.0. The number of amides is 2. The van der Waals surface area contributed by atoms with Gasteiger partial charge >= 0.3 is 6.03 Å². The fourth-order valence-corrected chi connectivity index (χ4v) is 1.75. The second-order valence-electron chi connectivity index (χ2n) is 4.85. The van der Waals surface area contributed by atoms with Gasteiger partial charge in [0.15, 0.2) is 5.76 Å². The number of carbonyl (C=O) groups is 1. The molecule has 0 aliphatic carbocycles. The van der Waals surface area contributed by atoms with Crippen LogP contribution in [0.1, 0.15) is 12.6 Å².